The number of anilines is 1. The van der Waals surface area contributed by atoms with Crippen molar-refractivity contribution in [3.05, 3.63) is 42.2 Å². The number of furan rings is 1. The number of ether oxygens (including phenoxy) is 1. The number of pyridine rings is 1. The number of carbonyl (C=O) groups is 2. The van der Waals surface area contributed by atoms with E-state index in [4.69, 9.17) is 24.0 Å². The summed E-state index contributed by atoms with van der Waals surface area (Å²) in [6.07, 6.45) is 1.65. The number of likely N-dealkylation sites (tertiary alicyclic amines) is 1. The normalized spacial score (nSPS) is 14.5. The van der Waals surface area contributed by atoms with Crippen LogP contribution >= 0.6 is 0 Å². The average Bonchev–Trinajstić information content (AvgIpc) is 3.56. The molecule has 0 saturated carbocycles. The molecule has 13 heteroatoms. The van der Waals surface area contributed by atoms with E-state index in [-0.39, 0.29) is 5.91 Å². The number of methoxy groups -OCH3 is 1. The van der Waals surface area contributed by atoms with Crippen LogP contribution in [0.4, 0.5) is 19.0 Å². The molecule has 10 nitrogen and oxygen atoms in total. The minimum atomic E-state index is -5.08. The van der Waals surface area contributed by atoms with Crippen molar-refractivity contribution in [2.45, 2.75) is 44.8 Å². The van der Waals surface area contributed by atoms with Crippen molar-refractivity contribution in [2.75, 3.05) is 45.3 Å². The Morgan fingerprint density at radius 3 is 2.47 bits per heavy atom. The van der Waals surface area contributed by atoms with E-state index in [0.717, 1.165) is 41.9 Å². The summed E-state index contributed by atoms with van der Waals surface area (Å²) in [6, 6.07) is 4.22. The number of aromatic nitrogens is 3. The first-order valence-electron chi connectivity index (χ1n) is 12.1. The zero-order valence-corrected chi connectivity index (χ0v) is 21.7. The zero-order valence-electron chi connectivity index (χ0n) is 21.7. The molecule has 1 N–H and O–H groups in total. The molecule has 208 valence electrons. The van der Waals surface area contributed by atoms with Crippen molar-refractivity contribution in [3.63, 3.8) is 0 Å². The largest absolute Gasteiger partial charge is 0.490 e. The van der Waals surface area contributed by atoms with Gasteiger partial charge in [0.1, 0.15) is 11.8 Å². The molecule has 4 heterocycles. The first-order valence-corrected chi connectivity index (χ1v) is 12.1. The number of alkyl halides is 3. The molecule has 0 bridgehead atoms. The van der Waals surface area contributed by atoms with E-state index < -0.39 is 12.1 Å². The molecule has 1 fully saturated rings. The number of aliphatic carboxylic acids is 1. The van der Waals surface area contributed by atoms with E-state index in [1.54, 1.807) is 19.4 Å². The van der Waals surface area contributed by atoms with Gasteiger partial charge in [0.25, 0.3) is 5.91 Å². The number of hydrogen-bond acceptors (Lipinski definition) is 7. The highest BCUT2D eigenvalue weighted by Crippen LogP contribution is 2.33. The number of rotatable bonds is 7. The second-order valence-corrected chi connectivity index (χ2v) is 9.28. The molecule has 0 unspecified atom stereocenters. The first kappa shape index (κ1) is 29.0. The van der Waals surface area contributed by atoms with Crippen LogP contribution in [0.2, 0.25) is 0 Å². The van der Waals surface area contributed by atoms with Crippen molar-refractivity contribution >= 4 is 28.7 Å². The average molecular weight is 540 g/mol. The van der Waals surface area contributed by atoms with Crippen LogP contribution in [0, 0.1) is 0 Å². The lowest BCUT2D eigenvalue weighted by atomic mass is 9.92. The van der Waals surface area contributed by atoms with Gasteiger partial charge in [-0.05, 0) is 38.8 Å². The van der Waals surface area contributed by atoms with Gasteiger partial charge in [-0.15, -0.1) is 0 Å². The third-order valence-electron chi connectivity index (χ3n) is 6.32. The lowest BCUT2D eigenvalue weighted by Crippen LogP contribution is -2.38. The Balaban J connectivity index is 0.000000505. The smallest absolute Gasteiger partial charge is 0.475 e. The second-order valence-electron chi connectivity index (χ2n) is 9.28. The summed E-state index contributed by atoms with van der Waals surface area (Å²) in [5, 5.41) is 7.12. The summed E-state index contributed by atoms with van der Waals surface area (Å²) in [6.45, 7) is 7.13. The summed E-state index contributed by atoms with van der Waals surface area (Å²) in [7, 11) is 3.74. The fourth-order valence-corrected chi connectivity index (χ4v) is 4.20. The summed E-state index contributed by atoms with van der Waals surface area (Å²) >= 11 is 0. The molecule has 4 rings (SSSR count). The number of likely N-dealkylation sites (N-methyl/N-ethyl adjacent to an activating group) is 1. The molecule has 0 atom stereocenters. The van der Waals surface area contributed by atoms with E-state index >= 15 is 0 Å². The van der Waals surface area contributed by atoms with Gasteiger partial charge in [0.05, 0.1) is 30.3 Å². The van der Waals surface area contributed by atoms with Crippen LogP contribution in [0.3, 0.4) is 0 Å². The molecular weight excluding hydrogens is 507 g/mol. The van der Waals surface area contributed by atoms with Gasteiger partial charge in [-0.25, -0.2) is 14.8 Å². The predicted molar refractivity (Wildman–Crippen MR) is 133 cm³/mol. The molecule has 38 heavy (non-hydrogen) atoms. The highest BCUT2D eigenvalue weighted by atomic mass is 19.4. The molecule has 1 amide bonds. The lowest BCUT2D eigenvalue weighted by molar-refractivity contribution is -0.192. The third-order valence-corrected chi connectivity index (χ3v) is 6.32. The molecule has 3 aromatic heterocycles. The van der Waals surface area contributed by atoms with Gasteiger partial charge in [-0.1, -0.05) is 0 Å². The van der Waals surface area contributed by atoms with Crippen molar-refractivity contribution in [3.8, 4) is 0 Å². The summed E-state index contributed by atoms with van der Waals surface area (Å²) < 4.78 is 44.3. The SMILES string of the molecule is COCCN(C)c1nc(C2CCN(C(=O)c3ccoc3)CC2)cc2c1ncn2C(C)C.O=C(O)C(F)(F)F. The van der Waals surface area contributed by atoms with Gasteiger partial charge < -0.3 is 28.6 Å². The molecule has 0 spiro atoms. The fourth-order valence-electron chi connectivity index (χ4n) is 4.20. The lowest BCUT2D eigenvalue weighted by Gasteiger charge is -2.32. The van der Waals surface area contributed by atoms with E-state index in [9.17, 15) is 18.0 Å². The number of fused-ring (bicyclic) bond motifs is 1. The Morgan fingerprint density at radius 2 is 1.95 bits per heavy atom. The molecule has 0 radical (unpaired) electrons. The number of carboxylic acid groups (broad SMARTS) is 1. The zero-order chi connectivity index (χ0) is 28.0. The third kappa shape index (κ3) is 6.82. The van der Waals surface area contributed by atoms with Crippen LogP contribution in [0.25, 0.3) is 11.0 Å². The highest BCUT2D eigenvalue weighted by Gasteiger charge is 2.38. The number of carboxylic acids is 1. The predicted octanol–water partition coefficient (Wildman–Crippen LogP) is 4.34. The highest BCUT2D eigenvalue weighted by molar-refractivity contribution is 5.94. The molecule has 1 aliphatic rings. The van der Waals surface area contributed by atoms with Gasteiger partial charge >= 0.3 is 12.1 Å². The van der Waals surface area contributed by atoms with E-state index in [1.807, 2.05) is 18.3 Å². The number of imidazole rings is 1. The number of amides is 1. The molecule has 1 saturated heterocycles. The maximum absolute atomic E-state index is 12.6. The summed E-state index contributed by atoms with van der Waals surface area (Å²) in [4.78, 5) is 35.3. The fraction of sp³-hybridized carbons (Fsp3) is 0.520. The number of nitrogens with zero attached hydrogens (tertiary/aromatic N) is 5. The van der Waals surface area contributed by atoms with E-state index in [0.29, 0.717) is 37.2 Å². The molecule has 0 aromatic carbocycles. The van der Waals surface area contributed by atoms with Crippen LogP contribution < -0.4 is 4.90 Å². The van der Waals surface area contributed by atoms with Crippen LogP contribution in [0.15, 0.2) is 35.4 Å². The molecule has 0 aliphatic carbocycles. The van der Waals surface area contributed by atoms with Crippen LogP contribution in [-0.2, 0) is 9.53 Å². The molecule has 3 aromatic rings. The minimum absolute atomic E-state index is 0.0356. The van der Waals surface area contributed by atoms with Gasteiger partial charge in [0.15, 0.2) is 5.82 Å². The Bertz CT molecular complexity index is 1220. The van der Waals surface area contributed by atoms with Gasteiger partial charge in [0, 0.05) is 51.4 Å². The Labute approximate surface area is 218 Å². The van der Waals surface area contributed by atoms with Crippen molar-refractivity contribution in [1.82, 2.24) is 19.4 Å². The standard InChI is InChI=1S/C23H31N5O3.C2HF3O2/c1-16(2)28-15-24-21-20(28)13-19(25-22(21)26(3)10-12-30-4)17-5-8-27(9-6-17)23(29)18-7-11-31-14-18;3-2(4,5)1(6)7/h7,11,13-17H,5-6,8-10,12H2,1-4H3;(H,6,7). The van der Waals surface area contributed by atoms with Crippen molar-refractivity contribution in [2.24, 2.45) is 0 Å². The molecule has 1 aliphatic heterocycles. The number of halogens is 3. The van der Waals surface area contributed by atoms with Crippen molar-refractivity contribution < 1.29 is 37.0 Å². The Kier molecular flexibility index (Phi) is 9.36. The second kappa shape index (κ2) is 12.3. The van der Waals surface area contributed by atoms with Crippen LogP contribution in [0.5, 0.6) is 0 Å². The van der Waals surface area contributed by atoms with Crippen LogP contribution in [0.1, 0.15) is 54.7 Å². The Morgan fingerprint density at radius 1 is 1.29 bits per heavy atom. The first-order chi connectivity index (χ1) is 17.9. The van der Waals surface area contributed by atoms with Crippen molar-refractivity contribution in [1.29, 1.82) is 0 Å². The maximum atomic E-state index is 12.6. The van der Waals surface area contributed by atoms with E-state index in [2.05, 4.69) is 34.4 Å². The minimum Gasteiger partial charge on any atom is -0.475 e. The quantitative estimate of drug-likeness (QED) is 0.472. The maximum Gasteiger partial charge on any atom is 0.490 e. The van der Waals surface area contributed by atoms with Gasteiger partial charge in [-0.2, -0.15) is 13.2 Å². The van der Waals surface area contributed by atoms with Crippen LogP contribution in [-0.4, -0.2) is 83.0 Å². The summed E-state index contributed by atoms with van der Waals surface area (Å²) in [5.74, 6) is -1.52. The Hall–Kier alpha value is -3.61. The van der Waals surface area contributed by atoms with E-state index in [1.165, 1.54) is 6.26 Å². The monoisotopic (exact) mass is 539 g/mol. The van der Waals surface area contributed by atoms with Gasteiger partial charge in [0.2, 0.25) is 0 Å². The number of piperidine rings is 1. The number of carbonyl (C=O) groups excluding carboxylic acids is 1. The van der Waals surface area contributed by atoms with Gasteiger partial charge in [-0.3, -0.25) is 4.79 Å². The number of hydrogen-bond donors (Lipinski definition) is 1. The summed E-state index contributed by atoms with van der Waals surface area (Å²) in [5.41, 5.74) is 3.71. The molecular formula is C25H32F3N5O5. The topological polar surface area (TPSA) is 114 Å².